The Morgan fingerprint density at radius 2 is 1.48 bits per heavy atom. The lowest BCUT2D eigenvalue weighted by atomic mass is 10.1. The highest BCUT2D eigenvalue weighted by Crippen LogP contribution is 2.28. The molecule has 23 heavy (non-hydrogen) atoms. The molecular weight excluding hydrogens is 294 g/mol. The number of hydrogen-bond acceptors (Lipinski definition) is 3. The number of carboxylic acids is 1. The van der Waals surface area contributed by atoms with E-state index in [4.69, 9.17) is 9.84 Å². The van der Waals surface area contributed by atoms with Gasteiger partial charge in [0.15, 0.2) is 5.60 Å². The molecule has 0 aliphatic rings. The molecule has 0 heterocycles. The first kappa shape index (κ1) is 16.5. The molecule has 0 aliphatic heterocycles. The third-order valence-electron chi connectivity index (χ3n) is 3.31. The molecule has 1 amide bonds. The maximum atomic E-state index is 12.0. The van der Waals surface area contributed by atoms with E-state index in [0.717, 1.165) is 5.69 Å². The number of carbonyl (C=O) groups is 2. The predicted octanol–water partition coefficient (Wildman–Crippen LogP) is 3.61. The summed E-state index contributed by atoms with van der Waals surface area (Å²) in [6.45, 7) is 4.45. The van der Waals surface area contributed by atoms with Gasteiger partial charge < -0.3 is 9.84 Å². The van der Waals surface area contributed by atoms with Crippen molar-refractivity contribution in [2.45, 2.75) is 26.4 Å². The van der Waals surface area contributed by atoms with Crippen LogP contribution in [0.5, 0.6) is 5.75 Å². The van der Waals surface area contributed by atoms with Crippen molar-refractivity contribution in [3.63, 3.8) is 0 Å². The van der Waals surface area contributed by atoms with Gasteiger partial charge >= 0.3 is 5.97 Å². The summed E-state index contributed by atoms with van der Waals surface area (Å²) < 4.78 is 5.46. The van der Waals surface area contributed by atoms with Crippen molar-refractivity contribution in [2.75, 3.05) is 4.90 Å². The van der Waals surface area contributed by atoms with Crippen molar-refractivity contribution < 1.29 is 19.4 Å². The van der Waals surface area contributed by atoms with Gasteiger partial charge in [0.1, 0.15) is 5.75 Å². The second kappa shape index (κ2) is 6.52. The van der Waals surface area contributed by atoms with Crippen LogP contribution in [0.1, 0.15) is 20.8 Å². The summed E-state index contributed by atoms with van der Waals surface area (Å²) in [5.41, 5.74) is 0.130. The molecule has 5 nitrogen and oxygen atoms in total. The molecule has 0 saturated heterocycles. The Hall–Kier alpha value is -2.82. The standard InChI is InChI=1S/C18H19NO4/c1-13(20)19(14-7-5-4-6-8-14)15-9-11-16(12-10-15)23-18(2,3)17(21)22/h4-12H,1-3H3,(H,21,22). The number of benzene rings is 2. The first-order valence-corrected chi connectivity index (χ1v) is 7.19. The molecule has 0 bridgehead atoms. The van der Waals surface area contributed by atoms with Crippen molar-refractivity contribution in [1.29, 1.82) is 0 Å². The number of anilines is 2. The topological polar surface area (TPSA) is 66.8 Å². The number of nitrogens with zero attached hydrogens (tertiary/aromatic N) is 1. The van der Waals surface area contributed by atoms with E-state index in [2.05, 4.69) is 0 Å². The molecule has 2 aromatic carbocycles. The van der Waals surface area contributed by atoms with Gasteiger partial charge in [0.25, 0.3) is 0 Å². The average Bonchev–Trinajstić information content (AvgIpc) is 2.49. The van der Waals surface area contributed by atoms with Gasteiger partial charge in [0, 0.05) is 18.3 Å². The molecule has 0 aliphatic carbocycles. The number of ether oxygens (including phenoxy) is 1. The van der Waals surface area contributed by atoms with E-state index in [1.807, 2.05) is 30.3 Å². The third-order valence-corrected chi connectivity index (χ3v) is 3.31. The van der Waals surface area contributed by atoms with Crippen LogP contribution in [-0.2, 0) is 9.59 Å². The zero-order valence-electron chi connectivity index (χ0n) is 13.3. The maximum absolute atomic E-state index is 12.0. The smallest absolute Gasteiger partial charge is 0.347 e. The van der Waals surface area contributed by atoms with Crippen LogP contribution in [0, 0.1) is 0 Å². The van der Waals surface area contributed by atoms with Gasteiger partial charge in [-0.25, -0.2) is 4.79 Å². The number of aliphatic carboxylic acids is 1. The summed E-state index contributed by atoms with van der Waals surface area (Å²) in [6.07, 6.45) is 0. The highest BCUT2D eigenvalue weighted by Gasteiger charge is 2.29. The molecule has 2 rings (SSSR count). The van der Waals surface area contributed by atoms with E-state index in [1.165, 1.54) is 20.8 Å². The second-order valence-corrected chi connectivity index (χ2v) is 5.60. The molecular formula is C18H19NO4. The number of para-hydroxylation sites is 1. The minimum absolute atomic E-state index is 0.115. The van der Waals surface area contributed by atoms with Gasteiger partial charge in [-0.1, -0.05) is 18.2 Å². The Kier molecular flexibility index (Phi) is 4.69. The lowest BCUT2D eigenvalue weighted by Gasteiger charge is -2.24. The van der Waals surface area contributed by atoms with Gasteiger partial charge in [-0.2, -0.15) is 0 Å². The van der Waals surface area contributed by atoms with E-state index >= 15 is 0 Å². The largest absolute Gasteiger partial charge is 0.478 e. The van der Waals surface area contributed by atoms with Crippen molar-refractivity contribution in [3.8, 4) is 5.75 Å². The number of carboxylic acid groups (broad SMARTS) is 1. The summed E-state index contributed by atoms with van der Waals surface area (Å²) in [7, 11) is 0. The van der Waals surface area contributed by atoms with E-state index < -0.39 is 11.6 Å². The molecule has 0 saturated carbocycles. The van der Waals surface area contributed by atoms with Gasteiger partial charge in [-0.3, -0.25) is 9.69 Å². The Labute approximate surface area is 135 Å². The fourth-order valence-corrected chi connectivity index (χ4v) is 2.09. The van der Waals surface area contributed by atoms with Crippen LogP contribution in [0.25, 0.3) is 0 Å². The Bertz CT molecular complexity index is 693. The summed E-state index contributed by atoms with van der Waals surface area (Å²) in [5.74, 6) is -0.732. The first-order chi connectivity index (χ1) is 10.8. The molecule has 0 radical (unpaired) electrons. The Balaban J connectivity index is 2.27. The average molecular weight is 313 g/mol. The van der Waals surface area contributed by atoms with Crippen LogP contribution in [-0.4, -0.2) is 22.6 Å². The van der Waals surface area contributed by atoms with Gasteiger partial charge in [0.2, 0.25) is 5.91 Å². The molecule has 0 aromatic heterocycles. The summed E-state index contributed by atoms with van der Waals surface area (Å²) in [5, 5.41) is 9.09. The molecule has 0 spiro atoms. The SMILES string of the molecule is CC(=O)N(c1ccccc1)c1ccc(OC(C)(C)C(=O)O)cc1. The molecule has 2 aromatic rings. The lowest BCUT2D eigenvalue weighted by molar-refractivity contribution is -0.152. The quantitative estimate of drug-likeness (QED) is 0.915. The minimum Gasteiger partial charge on any atom is -0.478 e. The Morgan fingerprint density at radius 3 is 1.96 bits per heavy atom. The van der Waals surface area contributed by atoms with Crippen LogP contribution >= 0.6 is 0 Å². The highest BCUT2D eigenvalue weighted by atomic mass is 16.5. The molecule has 0 fully saturated rings. The monoisotopic (exact) mass is 313 g/mol. The lowest BCUT2D eigenvalue weighted by Crippen LogP contribution is -2.37. The summed E-state index contributed by atoms with van der Waals surface area (Å²) in [6, 6.07) is 16.0. The molecule has 1 N–H and O–H groups in total. The zero-order chi connectivity index (χ0) is 17.0. The van der Waals surface area contributed by atoms with Crippen molar-refractivity contribution in [2.24, 2.45) is 0 Å². The van der Waals surface area contributed by atoms with Gasteiger partial charge in [0.05, 0.1) is 0 Å². The Morgan fingerprint density at radius 1 is 0.957 bits per heavy atom. The van der Waals surface area contributed by atoms with Gasteiger partial charge in [-0.05, 0) is 50.2 Å². The van der Waals surface area contributed by atoms with E-state index in [9.17, 15) is 9.59 Å². The fraction of sp³-hybridized carbons (Fsp3) is 0.222. The number of carbonyl (C=O) groups excluding carboxylic acids is 1. The van der Waals surface area contributed by atoms with Crippen molar-refractivity contribution >= 4 is 23.3 Å². The number of hydrogen-bond donors (Lipinski definition) is 1. The van der Waals surface area contributed by atoms with Crippen LogP contribution < -0.4 is 9.64 Å². The zero-order valence-corrected chi connectivity index (χ0v) is 13.3. The third kappa shape index (κ3) is 3.88. The number of rotatable bonds is 5. The normalized spacial score (nSPS) is 10.9. The van der Waals surface area contributed by atoms with Crippen molar-refractivity contribution in [1.82, 2.24) is 0 Å². The molecule has 0 atom stereocenters. The van der Waals surface area contributed by atoms with Crippen LogP contribution in [0.4, 0.5) is 11.4 Å². The summed E-state index contributed by atoms with van der Waals surface area (Å²) >= 11 is 0. The van der Waals surface area contributed by atoms with E-state index in [0.29, 0.717) is 11.4 Å². The molecule has 120 valence electrons. The highest BCUT2D eigenvalue weighted by molar-refractivity contribution is 5.99. The van der Waals surface area contributed by atoms with E-state index in [-0.39, 0.29) is 5.91 Å². The van der Waals surface area contributed by atoms with Crippen LogP contribution in [0.15, 0.2) is 54.6 Å². The molecule has 0 unspecified atom stereocenters. The predicted molar refractivity (Wildman–Crippen MR) is 88.0 cm³/mol. The minimum atomic E-state index is -1.32. The molecule has 5 heteroatoms. The fourth-order valence-electron chi connectivity index (χ4n) is 2.09. The van der Waals surface area contributed by atoms with Crippen LogP contribution in [0.3, 0.4) is 0 Å². The first-order valence-electron chi connectivity index (χ1n) is 7.19. The van der Waals surface area contributed by atoms with Gasteiger partial charge in [-0.15, -0.1) is 0 Å². The van der Waals surface area contributed by atoms with Crippen LogP contribution in [0.2, 0.25) is 0 Å². The van der Waals surface area contributed by atoms with E-state index in [1.54, 1.807) is 29.2 Å². The van der Waals surface area contributed by atoms with Crippen molar-refractivity contribution in [3.05, 3.63) is 54.6 Å². The maximum Gasteiger partial charge on any atom is 0.347 e. The second-order valence-electron chi connectivity index (χ2n) is 5.60. The summed E-state index contributed by atoms with van der Waals surface area (Å²) in [4.78, 5) is 24.6. The number of amides is 1.